The topological polar surface area (TPSA) is 91.1 Å². The van der Waals surface area contributed by atoms with E-state index in [0.717, 1.165) is 0 Å². The molecule has 0 aliphatic carbocycles. The Hall–Kier alpha value is -3.67. The van der Waals surface area contributed by atoms with E-state index in [0.29, 0.717) is 11.3 Å². The van der Waals surface area contributed by atoms with Crippen LogP contribution in [0.25, 0.3) is 0 Å². The Labute approximate surface area is 143 Å². The van der Waals surface area contributed by atoms with Crippen molar-refractivity contribution >= 4 is 17.6 Å². The molecule has 1 aromatic heterocycles. The Balaban J connectivity index is 1.77. The summed E-state index contributed by atoms with van der Waals surface area (Å²) < 4.78 is 0. The molecule has 0 bridgehead atoms. The van der Waals surface area contributed by atoms with E-state index in [1.807, 2.05) is 6.07 Å². The van der Waals surface area contributed by atoms with Crippen LogP contribution in [0.5, 0.6) is 0 Å². The van der Waals surface area contributed by atoms with Crippen molar-refractivity contribution in [1.29, 1.82) is 0 Å². The molecule has 3 aromatic rings. The number of hydrogen-bond donors (Lipinski definition) is 3. The van der Waals surface area contributed by atoms with E-state index in [4.69, 9.17) is 0 Å². The van der Waals surface area contributed by atoms with Gasteiger partial charge < -0.3 is 4.98 Å². The predicted molar refractivity (Wildman–Crippen MR) is 92.0 cm³/mol. The van der Waals surface area contributed by atoms with Gasteiger partial charge in [-0.25, -0.2) is 0 Å². The number of ketones is 1. The molecule has 3 rings (SSSR count). The van der Waals surface area contributed by atoms with Crippen LogP contribution in [0.1, 0.15) is 36.8 Å². The molecule has 0 fully saturated rings. The molecule has 3 N–H and O–H groups in total. The third kappa shape index (κ3) is 3.64. The standard InChI is InChI=1S/C19H15N3O3/c23-17(13-7-2-1-3-8-13)14-9-4-5-10-15(14)18(24)21-22-19(25)16-11-6-12-20-16/h1-12,20H,(H,21,24)(H,22,25). The normalized spacial score (nSPS) is 10.1. The Morgan fingerprint density at radius 3 is 2.00 bits per heavy atom. The van der Waals surface area contributed by atoms with Crippen molar-refractivity contribution < 1.29 is 14.4 Å². The molecule has 25 heavy (non-hydrogen) atoms. The van der Waals surface area contributed by atoms with Gasteiger partial charge in [0.05, 0.1) is 5.56 Å². The lowest BCUT2D eigenvalue weighted by molar-refractivity contribution is 0.0842. The first-order chi connectivity index (χ1) is 12.2. The predicted octanol–water partition coefficient (Wildman–Crippen LogP) is 2.32. The molecule has 2 amide bonds. The maximum atomic E-state index is 12.6. The van der Waals surface area contributed by atoms with E-state index >= 15 is 0 Å². The number of nitrogens with one attached hydrogen (secondary N) is 3. The molecule has 6 nitrogen and oxygen atoms in total. The first kappa shape index (κ1) is 16.2. The van der Waals surface area contributed by atoms with Crippen LogP contribution in [0.4, 0.5) is 0 Å². The third-order valence-electron chi connectivity index (χ3n) is 3.58. The zero-order valence-corrected chi connectivity index (χ0v) is 13.2. The van der Waals surface area contributed by atoms with Crippen LogP contribution >= 0.6 is 0 Å². The van der Waals surface area contributed by atoms with Gasteiger partial charge in [0, 0.05) is 17.3 Å². The number of hydrazine groups is 1. The zero-order valence-electron chi connectivity index (χ0n) is 13.2. The molecule has 0 aliphatic heterocycles. The lowest BCUT2D eigenvalue weighted by Gasteiger charge is -2.10. The van der Waals surface area contributed by atoms with Gasteiger partial charge in [-0.05, 0) is 18.2 Å². The van der Waals surface area contributed by atoms with Gasteiger partial charge >= 0.3 is 0 Å². The second-order valence-electron chi connectivity index (χ2n) is 5.23. The first-order valence-corrected chi connectivity index (χ1v) is 7.59. The van der Waals surface area contributed by atoms with Gasteiger partial charge in [0.25, 0.3) is 11.8 Å². The van der Waals surface area contributed by atoms with E-state index in [2.05, 4.69) is 15.8 Å². The minimum Gasteiger partial charge on any atom is -0.357 e. The van der Waals surface area contributed by atoms with Crippen molar-refractivity contribution in [2.24, 2.45) is 0 Å². The summed E-state index contributed by atoms with van der Waals surface area (Å²) in [6, 6.07) is 18.4. The second kappa shape index (κ2) is 7.27. The molecular weight excluding hydrogens is 318 g/mol. The number of aromatic nitrogens is 1. The van der Waals surface area contributed by atoms with Crippen molar-refractivity contribution in [2.45, 2.75) is 0 Å². The zero-order chi connectivity index (χ0) is 17.6. The lowest BCUT2D eigenvalue weighted by Crippen LogP contribution is -2.42. The highest BCUT2D eigenvalue weighted by Gasteiger charge is 2.18. The van der Waals surface area contributed by atoms with E-state index in [-0.39, 0.29) is 16.9 Å². The summed E-state index contributed by atoms with van der Waals surface area (Å²) in [5, 5.41) is 0. The van der Waals surface area contributed by atoms with Crippen LogP contribution in [0, 0.1) is 0 Å². The van der Waals surface area contributed by atoms with Crippen LogP contribution in [0.3, 0.4) is 0 Å². The summed E-state index contributed by atoms with van der Waals surface area (Å²) in [5.74, 6) is -1.31. The SMILES string of the molecule is O=C(NNC(=O)c1ccccc1C(=O)c1ccccc1)c1ccc[nH]1. The molecule has 0 radical (unpaired) electrons. The number of carbonyl (C=O) groups is 3. The molecular formula is C19H15N3O3. The van der Waals surface area contributed by atoms with Crippen LogP contribution in [0.2, 0.25) is 0 Å². The van der Waals surface area contributed by atoms with Gasteiger partial charge in [-0.1, -0.05) is 48.5 Å². The quantitative estimate of drug-likeness (QED) is 0.505. The van der Waals surface area contributed by atoms with Gasteiger partial charge in [-0.2, -0.15) is 0 Å². The third-order valence-corrected chi connectivity index (χ3v) is 3.58. The molecule has 0 saturated heterocycles. The number of benzene rings is 2. The molecule has 0 atom stereocenters. The maximum absolute atomic E-state index is 12.6. The summed E-state index contributed by atoms with van der Waals surface area (Å²) in [4.78, 5) is 39.6. The number of aromatic amines is 1. The maximum Gasteiger partial charge on any atom is 0.286 e. The van der Waals surface area contributed by atoms with E-state index in [1.165, 1.54) is 6.07 Å². The first-order valence-electron chi connectivity index (χ1n) is 7.59. The van der Waals surface area contributed by atoms with Crippen LogP contribution in [-0.4, -0.2) is 22.6 Å². The number of carbonyl (C=O) groups excluding carboxylic acids is 3. The average molecular weight is 333 g/mol. The fourth-order valence-corrected chi connectivity index (χ4v) is 2.34. The Kier molecular flexibility index (Phi) is 4.71. The minimum absolute atomic E-state index is 0.183. The summed E-state index contributed by atoms with van der Waals surface area (Å²) in [5.41, 5.74) is 5.88. The summed E-state index contributed by atoms with van der Waals surface area (Å²) in [6.07, 6.45) is 1.60. The van der Waals surface area contributed by atoms with Gasteiger partial charge in [-0.15, -0.1) is 0 Å². The highest BCUT2D eigenvalue weighted by atomic mass is 16.2. The Morgan fingerprint density at radius 1 is 0.680 bits per heavy atom. The molecule has 124 valence electrons. The van der Waals surface area contributed by atoms with Crippen molar-refractivity contribution in [3.8, 4) is 0 Å². The molecule has 0 saturated carbocycles. The smallest absolute Gasteiger partial charge is 0.286 e. The van der Waals surface area contributed by atoms with Crippen molar-refractivity contribution in [2.75, 3.05) is 0 Å². The minimum atomic E-state index is -0.570. The summed E-state index contributed by atoms with van der Waals surface area (Å²) in [6.45, 7) is 0. The van der Waals surface area contributed by atoms with Gasteiger partial charge in [0.1, 0.15) is 5.69 Å². The van der Waals surface area contributed by atoms with Crippen LogP contribution < -0.4 is 10.9 Å². The fourth-order valence-electron chi connectivity index (χ4n) is 2.34. The average Bonchev–Trinajstić information content (AvgIpc) is 3.21. The highest BCUT2D eigenvalue weighted by Crippen LogP contribution is 2.14. The van der Waals surface area contributed by atoms with Crippen molar-refractivity contribution in [1.82, 2.24) is 15.8 Å². The van der Waals surface area contributed by atoms with Crippen LogP contribution in [0.15, 0.2) is 72.9 Å². The Bertz CT molecular complexity index is 903. The van der Waals surface area contributed by atoms with E-state index in [9.17, 15) is 14.4 Å². The number of hydrogen-bond acceptors (Lipinski definition) is 3. The Morgan fingerprint density at radius 2 is 1.32 bits per heavy atom. The van der Waals surface area contributed by atoms with E-state index in [1.54, 1.807) is 60.8 Å². The molecule has 0 spiro atoms. The van der Waals surface area contributed by atoms with Crippen molar-refractivity contribution in [3.05, 3.63) is 95.3 Å². The van der Waals surface area contributed by atoms with Gasteiger partial charge in [0.2, 0.25) is 0 Å². The van der Waals surface area contributed by atoms with Gasteiger partial charge in [0.15, 0.2) is 5.78 Å². The van der Waals surface area contributed by atoms with Crippen LogP contribution in [-0.2, 0) is 0 Å². The summed E-state index contributed by atoms with van der Waals surface area (Å²) in [7, 11) is 0. The van der Waals surface area contributed by atoms with Gasteiger partial charge in [-0.3, -0.25) is 25.2 Å². The molecule has 2 aromatic carbocycles. The number of H-pyrrole nitrogens is 1. The lowest BCUT2D eigenvalue weighted by atomic mass is 9.98. The molecule has 0 unspecified atom stereocenters. The summed E-state index contributed by atoms with van der Waals surface area (Å²) >= 11 is 0. The number of amides is 2. The monoisotopic (exact) mass is 333 g/mol. The van der Waals surface area contributed by atoms with E-state index < -0.39 is 11.8 Å². The molecule has 6 heteroatoms. The number of rotatable bonds is 4. The second-order valence-corrected chi connectivity index (χ2v) is 5.23. The highest BCUT2D eigenvalue weighted by molar-refractivity contribution is 6.15. The molecule has 1 heterocycles. The molecule has 0 aliphatic rings. The van der Waals surface area contributed by atoms with Crippen molar-refractivity contribution in [3.63, 3.8) is 0 Å². The largest absolute Gasteiger partial charge is 0.357 e. The fraction of sp³-hybridized carbons (Fsp3) is 0.